The summed E-state index contributed by atoms with van der Waals surface area (Å²) in [6.45, 7) is 4.36. The van der Waals surface area contributed by atoms with E-state index in [1.165, 1.54) is 21.8 Å². The first-order valence-corrected chi connectivity index (χ1v) is 10.8. The predicted molar refractivity (Wildman–Crippen MR) is 118 cm³/mol. The number of anilines is 1. The zero-order valence-electron chi connectivity index (χ0n) is 16.8. The van der Waals surface area contributed by atoms with Crippen LogP contribution in [-0.4, -0.2) is 34.3 Å². The lowest BCUT2D eigenvalue weighted by Crippen LogP contribution is -2.41. The standard InChI is InChI=1S/C23H24N4O2S/c1-16(24-22(29)18-10-6-3-7-11-18)21(28)26-23-25-19-12-13-27(15-20(19)30-23)14-17-8-4-2-5-9-17/h2-11,16H,12-15H2,1H3,(H,24,29)(H,25,26,28). The Morgan fingerprint density at radius 2 is 1.80 bits per heavy atom. The van der Waals surface area contributed by atoms with Gasteiger partial charge in [0, 0.05) is 36.5 Å². The maximum atomic E-state index is 12.5. The number of benzene rings is 2. The molecule has 154 valence electrons. The molecule has 2 heterocycles. The summed E-state index contributed by atoms with van der Waals surface area (Å²) in [5.74, 6) is -0.542. The minimum Gasteiger partial charge on any atom is -0.341 e. The maximum absolute atomic E-state index is 12.5. The Morgan fingerprint density at radius 3 is 2.53 bits per heavy atom. The van der Waals surface area contributed by atoms with Gasteiger partial charge in [0.1, 0.15) is 6.04 Å². The number of fused-ring (bicyclic) bond motifs is 1. The molecule has 2 N–H and O–H groups in total. The van der Waals surface area contributed by atoms with E-state index in [1.807, 2.05) is 12.1 Å². The van der Waals surface area contributed by atoms with Gasteiger partial charge in [0.25, 0.3) is 5.91 Å². The van der Waals surface area contributed by atoms with Crippen LogP contribution in [0.3, 0.4) is 0 Å². The van der Waals surface area contributed by atoms with Gasteiger partial charge in [0.2, 0.25) is 5.91 Å². The van der Waals surface area contributed by atoms with E-state index in [0.717, 1.165) is 31.7 Å². The first-order valence-electron chi connectivity index (χ1n) is 10.00. The van der Waals surface area contributed by atoms with E-state index in [4.69, 9.17) is 0 Å². The topological polar surface area (TPSA) is 74.3 Å². The Morgan fingerprint density at radius 1 is 1.10 bits per heavy atom. The first kappa shape index (κ1) is 20.3. The molecule has 0 fully saturated rings. The third kappa shape index (κ3) is 4.93. The van der Waals surface area contributed by atoms with Crippen molar-refractivity contribution in [1.82, 2.24) is 15.2 Å². The second-order valence-electron chi connectivity index (χ2n) is 7.39. The summed E-state index contributed by atoms with van der Waals surface area (Å²) in [5.41, 5.74) is 2.88. The monoisotopic (exact) mass is 420 g/mol. The van der Waals surface area contributed by atoms with Gasteiger partial charge < -0.3 is 10.6 Å². The number of nitrogens with zero attached hydrogens (tertiary/aromatic N) is 2. The van der Waals surface area contributed by atoms with Crippen molar-refractivity contribution in [2.45, 2.75) is 32.5 Å². The quantitative estimate of drug-likeness (QED) is 0.641. The molecule has 0 radical (unpaired) electrons. The molecule has 1 aromatic heterocycles. The van der Waals surface area contributed by atoms with Gasteiger partial charge in [-0.15, -0.1) is 11.3 Å². The zero-order chi connectivity index (χ0) is 20.9. The van der Waals surface area contributed by atoms with E-state index in [1.54, 1.807) is 31.2 Å². The van der Waals surface area contributed by atoms with E-state index in [-0.39, 0.29) is 11.8 Å². The number of carbonyl (C=O) groups excluding carboxylic acids is 2. The smallest absolute Gasteiger partial charge is 0.251 e. The van der Waals surface area contributed by atoms with Crippen molar-refractivity contribution in [1.29, 1.82) is 0 Å². The van der Waals surface area contributed by atoms with Crippen LogP contribution < -0.4 is 10.6 Å². The van der Waals surface area contributed by atoms with Gasteiger partial charge in [-0.3, -0.25) is 14.5 Å². The maximum Gasteiger partial charge on any atom is 0.251 e. The van der Waals surface area contributed by atoms with E-state index >= 15 is 0 Å². The zero-order valence-corrected chi connectivity index (χ0v) is 17.6. The molecule has 0 saturated carbocycles. The normalized spacial score (nSPS) is 14.6. The molecule has 0 aliphatic carbocycles. The van der Waals surface area contributed by atoms with Gasteiger partial charge in [0.05, 0.1) is 5.69 Å². The predicted octanol–water partition coefficient (Wildman–Crippen LogP) is 3.46. The van der Waals surface area contributed by atoms with Crippen molar-refractivity contribution in [3.8, 4) is 0 Å². The van der Waals surface area contributed by atoms with Crippen LogP contribution in [0.5, 0.6) is 0 Å². The molecule has 3 aromatic rings. The molecule has 1 aliphatic rings. The Kier molecular flexibility index (Phi) is 6.21. The van der Waals surface area contributed by atoms with Crippen molar-refractivity contribution >= 4 is 28.3 Å². The van der Waals surface area contributed by atoms with E-state index in [0.29, 0.717) is 10.7 Å². The van der Waals surface area contributed by atoms with Crippen LogP contribution in [0.25, 0.3) is 0 Å². The molecule has 30 heavy (non-hydrogen) atoms. The van der Waals surface area contributed by atoms with Crippen LogP contribution >= 0.6 is 11.3 Å². The lowest BCUT2D eigenvalue weighted by Gasteiger charge is -2.25. The van der Waals surface area contributed by atoms with Crippen LogP contribution in [0.15, 0.2) is 60.7 Å². The fourth-order valence-corrected chi connectivity index (χ4v) is 4.48. The Bertz CT molecular complexity index is 1020. The van der Waals surface area contributed by atoms with Crippen molar-refractivity contribution in [2.24, 2.45) is 0 Å². The van der Waals surface area contributed by atoms with Crippen molar-refractivity contribution in [2.75, 3.05) is 11.9 Å². The van der Waals surface area contributed by atoms with Gasteiger partial charge in [-0.05, 0) is 24.6 Å². The van der Waals surface area contributed by atoms with E-state index in [2.05, 4.69) is 44.8 Å². The van der Waals surface area contributed by atoms with Gasteiger partial charge in [-0.25, -0.2) is 4.98 Å². The number of hydrogen-bond donors (Lipinski definition) is 2. The highest BCUT2D eigenvalue weighted by molar-refractivity contribution is 7.15. The number of carbonyl (C=O) groups is 2. The summed E-state index contributed by atoms with van der Waals surface area (Å²) in [6.07, 6.45) is 0.870. The third-order valence-electron chi connectivity index (χ3n) is 5.07. The molecular weight excluding hydrogens is 396 g/mol. The molecule has 0 bridgehead atoms. The second-order valence-corrected chi connectivity index (χ2v) is 8.47. The van der Waals surface area contributed by atoms with Gasteiger partial charge >= 0.3 is 0 Å². The summed E-state index contributed by atoms with van der Waals surface area (Å²) in [6, 6.07) is 18.6. The average molecular weight is 421 g/mol. The van der Waals surface area contributed by atoms with Gasteiger partial charge in [0.15, 0.2) is 5.13 Å². The molecular formula is C23H24N4O2S. The molecule has 6 nitrogen and oxygen atoms in total. The van der Waals surface area contributed by atoms with Gasteiger partial charge in [-0.1, -0.05) is 48.5 Å². The number of rotatable bonds is 6. The lowest BCUT2D eigenvalue weighted by molar-refractivity contribution is -0.117. The van der Waals surface area contributed by atoms with Crippen LogP contribution in [0, 0.1) is 0 Å². The first-order chi connectivity index (χ1) is 14.6. The van der Waals surface area contributed by atoms with Crippen molar-refractivity contribution in [3.05, 3.63) is 82.4 Å². The fourth-order valence-electron chi connectivity index (χ4n) is 3.43. The molecule has 0 spiro atoms. The van der Waals surface area contributed by atoms with Crippen LogP contribution in [-0.2, 0) is 24.3 Å². The summed E-state index contributed by atoms with van der Waals surface area (Å²) >= 11 is 1.51. The Balaban J connectivity index is 1.33. The highest BCUT2D eigenvalue weighted by Gasteiger charge is 2.23. The summed E-state index contributed by atoms with van der Waals surface area (Å²) < 4.78 is 0. The highest BCUT2D eigenvalue weighted by atomic mass is 32.1. The number of hydrogen-bond acceptors (Lipinski definition) is 5. The molecule has 1 unspecified atom stereocenters. The lowest BCUT2D eigenvalue weighted by atomic mass is 10.1. The number of nitrogens with one attached hydrogen (secondary N) is 2. The molecule has 1 aliphatic heterocycles. The van der Waals surface area contributed by atoms with Crippen LogP contribution in [0.1, 0.15) is 33.4 Å². The Labute approximate surface area is 180 Å². The summed E-state index contributed by atoms with van der Waals surface area (Å²) in [7, 11) is 0. The van der Waals surface area contributed by atoms with E-state index in [9.17, 15) is 9.59 Å². The minimum atomic E-state index is -0.659. The Hall–Kier alpha value is -3.03. The number of aromatic nitrogens is 1. The molecule has 2 amide bonds. The molecule has 0 saturated heterocycles. The average Bonchev–Trinajstić information content (AvgIpc) is 3.16. The third-order valence-corrected chi connectivity index (χ3v) is 6.06. The molecule has 4 rings (SSSR count). The molecule has 1 atom stereocenters. The second kappa shape index (κ2) is 9.19. The molecule has 2 aromatic carbocycles. The fraction of sp³-hybridized carbons (Fsp3) is 0.261. The SMILES string of the molecule is CC(NC(=O)c1ccccc1)C(=O)Nc1nc2c(s1)CN(Cc1ccccc1)CC2. The van der Waals surface area contributed by atoms with Crippen molar-refractivity contribution in [3.63, 3.8) is 0 Å². The largest absolute Gasteiger partial charge is 0.341 e. The highest BCUT2D eigenvalue weighted by Crippen LogP contribution is 2.29. The van der Waals surface area contributed by atoms with E-state index < -0.39 is 6.04 Å². The summed E-state index contributed by atoms with van der Waals surface area (Å²) in [5, 5.41) is 6.18. The minimum absolute atomic E-state index is 0.270. The van der Waals surface area contributed by atoms with Crippen molar-refractivity contribution < 1.29 is 9.59 Å². The number of amides is 2. The summed E-state index contributed by atoms with van der Waals surface area (Å²) in [4.78, 5) is 33.0. The number of thiazole rings is 1. The van der Waals surface area contributed by atoms with Crippen LogP contribution in [0.4, 0.5) is 5.13 Å². The van der Waals surface area contributed by atoms with Crippen LogP contribution in [0.2, 0.25) is 0 Å². The van der Waals surface area contributed by atoms with Gasteiger partial charge in [-0.2, -0.15) is 0 Å². The molecule has 7 heteroatoms.